The van der Waals surface area contributed by atoms with E-state index >= 15 is 0 Å². The third-order valence-electron chi connectivity index (χ3n) is 2.78. The Morgan fingerprint density at radius 2 is 2.00 bits per heavy atom. The largest absolute Gasteiger partial charge is 0.319 e. The monoisotopic (exact) mass is 352 g/mol. The number of non-ortho nitro benzene ring substituents is 1. The van der Waals surface area contributed by atoms with Gasteiger partial charge in [-0.15, -0.1) is 0 Å². The molecule has 1 N–H and O–H groups in total. The number of anilines is 1. The van der Waals surface area contributed by atoms with Gasteiger partial charge in [-0.2, -0.15) is 0 Å². The van der Waals surface area contributed by atoms with Crippen molar-refractivity contribution in [2.75, 3.05) is 5.32 Å². The second-order valence-electron chi connectivity index (χ2n) is 4.36. The predicted molar refractivity (Wildman–Crippen MR) is 79.9 cm³/mol. The number of nitro benzene ring substituents is 1. The number of halogens is 2. The first-order valence-electron chi connectivity index (χ1n) is 5.90. The summed E-state index contributed by atoms with van der Waals surface area (Å²) < 4.78 is 14.1. The van der Waals surface area contributed by atoms with Gasteiger partial charge in [-0.3, -0.25) is 14.9 Å². The molecule has 2 aromatic carbocycles. The van der Waals surface area contributed by atoms with E-state index < -0.39 is 16.6 Å². The average molecular weight is 353 g/mol. The van der Waals surface area contributed by atoms with E-state index in [0.717, 1.165) is 11.6 Å². The number of hydrogen-bond acceptors (Lipinski definition) is 3. The fraction of sp³-hybridized carbons (Fsp3) is 0.0714. The van der Waals surface area contributed by atoms with Crippen LogP contribution in [0.15, 0.2) is 40.9 Å². The zero-order valence-electron chi connectivity index (χ0n) is 10.9. The number of benzene rings is 2. The van der Waals surface area contributed by atoms with Crippen molar-refractivity contribution in [3.8, 4) is 0 Å². The van der Waals surface area contributed by atoms with Gasteiger partial charge in [0.2, 0.25) is 0 Å². The third-order valence-corrected chi connectivity index (χ3v) is 3.47. The molecule has 0 aliphatic carbocycles. The highest BCUT2D eigenvalue weighted by Crippen LogP contribution is 2.24. The fourth-order valence-electron chi connectivity index (χ4n) is 1.71. The number of nitrogens with zero attached hydrogens (tertiary/aromatic N) is 1. The maximum atomic E-state index is 13.7. The summed E-state index contributed by atoms with van der Waals surface area (Å²) in [5.41, 5.74) is 0.586. The molecule has 0 aliphatic rings. The SMILES string of the molecule is Cc1ccc(NC(=O)c2cc([N+](=O)[O-])ccc2Br)c(F)c1. The summed E-state index contributed by atoms with van der Waals surface area (Å²) in [6.45, 7) is 1.73. The first kappa shape index (κ1) is 15.1. The molecule has 0 unspecified atom stereocenters. The van der Waals surface area contributed by atoms with Gasteiger partial charge in [-0.25, -0.2) is 4.39 Å². The summed E-state index contributed by atoms with van der Waals surface area (Å²) in [6, 6.07) is 8.19. The number of carbonyl (C=O) groups excluding carboxylic acids is 1. The van der Waals surface area contributed by atoms with Gasteiger partial charge in [0.15, 0.2) is 0 Å². The molecule has 0 saturated carbocycles. The quantitative estimate of drug-likeness (QED) is 0.668. The summed E-state index contributed by atoms with van der Waals surface area (Å²) in [5.74, 6) is -1.20. The lowest BCUT2D eigenvalue weighted by molar-refractivity contribution is -0.384. The number of aryl methyl sites for hydroxylation is 1. The molecular formula is C14H10BrFN2O3. The maximum absolute atomic E-state index is 13.7. The van der Waals surface area contributed by atoms with Crippen molar-refractivity contribution < 1.29 is 14.1 Å². The molecule has 2 aromatic rings. The van der Waals surface area contributed by atoms with E-state index in [1.807, 2.05) is 0 Å². The van der Waals surface area contributed by atoms with Crippen LogP contribution < -0.4 is 5.32 Å². The Hall–Kier alpha value is -2.28. The van der Waals surface area contributed by atoms with Crippen LogP contribution >= 0.6 is 15.9 Å². The van der Waals surface area contributed by atoms with Crippen molar-refractivity contribution in [1.29, 1.82) is 0 Å². The number of rotatable bonds is 3. The second-order valence-corrected chi connectivity index (χ2v) is 5.21. The lowest BCUT2D eigenvalue weighted by Gasteiger charge is -2.08. The molecule has 0 heterocycles. The Bertz CT molecular complexity index is 734. The minimum atomic E-state index is -0.631. The fourth-order valence-corrected chi connectivity index (χ4v) is 2.14. The minimum absolute atomic E-state index is 0.0176. The highest BCUT2D eigenvalue weighted by molar-refractivity contribution is 9.10. The van der Waals surface area contributed by atoms with Crippen molar-refractivity contribution in [3.05, 3.63) is 67.9 Å². The number of nitro groups is 1. The highest BCUT2D eigenvalue weighted by atomic mass is 79.9. The van der Waals surface area contributed by atoms with E-state index in [0.29, 0.717) is 4.47 Å². The van der Waals surface area contributed by atoms with Crippen molar-refractivity contribution >= 4 is 33.2 Å². The Morgan fingerprint density at radius 1 is 1.29 bits per heavy atom. The van der Waals surface area contributed by atoms with Crippen LogP contribution in [0.2, 0.25) is 0 Å². The van der Waals surface area contributed by atoms with Crippen LogP contribution in [0, 0.1) is 22.9 Å². The van der Waals surface area contributed by atoms with Gasteiger partial charge in [-0.05, 0) is 46.6 Å². The van der Waals surface area contributed by atoms with Gasteiger partial charge in [-0.1, -0.05) is 6.07 Å². The van der Waals surface area contributed by atoms with Crippen molar-refractivity contribution in [2.45, 2.75) is 6.92 Å². The lowest BCUT2D eigenvalue weighted by atomic mass is 10.1. The van der Waals surface area contributed by atoms with Crippen LogP contribution in [0.3, 0.4) is 0 Å². The summed E-state index contributed by atoms with van der Waals surface area (Å²) >= 11 is 3.15. The average Bonchev–Trinajstić information content (AvgIpc) is 2.42. The molecule has 21 heavy (non-hydrogen) atoms. The first-order valence-corrected chi connectivity index (χ1v) is 6.69. The molecule has 0 spiro atoms. The maximum Gasteiger partial charge on any atom is 0.270 e. The van der Waals surface area contributed by atoms with Crippen molar-refractivity contribution in [3.63, 3.8) is 0 Å². The summed E-state index contributed by atoms with van der Waals surface area (Å²) in [6.07, 6.45) is 0. The van der Waals surface area contributed by atoms with Gasteiger partial charge in [0.25, 0.3) is 11.6 Å². The van der Waals surface area contributed by atoms with E-state index in [-0.39, 0.29) is 16.9 Å². The Labute approximate surface area is 128 Å². The van der Waals surface area contributed by atoms with Crippen LogP contribution in [-0.2, 0) is 0 Å². The molecule has 0 fully saturated rings. The van der Waals surface area contributed by atoms with E-state index in [9.17, 15) is 19.3 Å². The van der Waals surface area contributed by atoms with Gasteiger partial charge < -0.3 is 5.32 Å². The Morgan fingerprint density at radius 3 is 2.62 bits per heavy atom. The zero-order valence-corrected chi connectivity index (χ0v) is 12.5. The summed E-state index contributed by atoms with van der Waals surface area (Å²) in [5, 5.41) is 13.1. The standard InChI is InChI=1S/C14H10BrFN2O3/c1-8-2-5-13(12(16)6-8)17-14(19)10-7-9(18(20)21)3-4-11(10)15/h2-7H,1H3,(H,17,19). The first-order chi connectivity index (χ1) is 9.88. The molecule has 0 aliphatic heterocycles. The van der Waals surface area contributed by atoms with E-state index in [2.05, 4.69) is 21.2 Å². The Balaban J connectivity index is 2.32. The number of nitrogens with one attached hydrogen (secondary N) is 1. The van der Waals surface area contributed by atoms with Gasteiger partial charge in [0.1, 0.15) is 5.82 Å². The molecule has 2 rings (SSSR count). The molecule has 5 nitrogen and oxygen atoms in total. The molecule has 0 bridgehead atoms. The molecule has 0 saturated heterocycles. The van der Waals surface area contributed by atoms with Crippen LogP contribution in [0.1, 0.15) is 15.9 Å². The molecular weight excluding hydrogens is 343 g/mol. The molecule has 0 aromatic heterocycles. The minimum Gasteiger partial charge on any atom is -0.319 e. The van der Waals surface area contributed by atoms with E-state index in [1.165, 1.54) is 24.3 Å². The normalized spacial score (nSPS) is 10.2. The van der Waals surface area contributed by atoms with Gasteiger partial charge >= 0.3 is 0 Å². The summed E-state index contributed by atoms with van der Waals surface area (Å²) in [7, 11) is 0. The van der Waals surface area contributed by atoms with Crippen LogP contribution in [0.4, 0.5) is 15.8 Å². The van der Waals surface area contributed by atoms with Gasteiger partial charge in [0, 0.05) is 16.6 Å². The van der Waals surface area contributed by atoms with Crippen molar-refractivity contribution in [1.82, 2.24) is 0 Å². The predicted octanol–water partition coefficient (Wildman–Crippen LogP) is 4.06. The number of amides is 1. The zero-order chi connectivity index (χ0) is 15.6. The second kappa shape index (κ2) is 6.01. The van der Waals surface area contributed by atoms with E-state index in [1.54, 1.807) is 13.0 Å². The lowest BCUT2D eigenvalue weighted by Crippen LogP contribution is -2.14. The van der Waals surface area contributed by atoms with Gasteiger partial charge in [0.05, 0.1) is 16.2 Å². The highest BCUT2D eigenvalue weighted by Gasteiger charge is 2.16. The molecule has 7 heteroatoms. The molecule has 1 amide bonds. The topological polar surface area (TPSA) is 72.2 Å². The molecule has 0 atom stereocenters. The third kappa shape index (κ3) is 3.43. The van der Waals surface area contributed by atoms with Crippen LogP contribution in [-0.4, -0.2) is 10.8 Å². The van der Waals surface area contributed by atoms with Crippen molar-refractivity contribution in [2.24, 2.45) is 0 Å². The van der Waals surface area contributed by atoms with E-state index in [4.69, 9.17) is 0 Å². The Kier molecular flexibility index (Phi) is 4.32. The molecule has 108 valence electrons. The van der Waals surface area contributed by atoms with Crippen LogP contribution in [0.5, 0.6) is 0 Å². The van der Waals surface area contributed by atoms with Crippen LogP contribution in [0.25, 0.3) is 0 Å². The number of hydrogen-bond donors (Lipinski definition) is 1. The summed E-state index contributed by atoms with van der Waals surface area (Å²) in [4.78, 5) is 22.3. The molecule has 0 radical (unpaired) electrons. The smallest absolute Gasteiger partial charge is 0.270 e. The number of carbonyl (C=O) groups is 1.